The summed E-state index contributed by atoms with van der Waals surface area (Å²) in [4.78, 5) is 18.3. The number of hydrogen-bond acceptors (Lipinski definition) is 3. The smallest absolute Gasteiger partial charge is 0.225 e. The van der Waals surface area contributed by atoms with Gasteiger partial charge in [-0.05, 0) is 17.5 Å². The first-order chi connectivity index (χ1) is 12.0. The minimum absolute atomic E-state index is 0. The van der Waals surface area contributed by atoms with Crippen LogP contribution in [-0.4, -0.2) is 50.1 Å². The minimum Gasteiger partial charge on any atom is -0.380 e. The maximum Gasteiger partial charge on any atom is 0.225 e. The highest BCUT2D eigenvalue weighted by molar-refractivity contribution is 14.0. The third kappa shape index (κ3) is 6.75. The van der Waals surface area contributed by atoms with Gasteiger partial charge < -0.3 is 20.3 Å². The van der Waals surface area contributed by atoms with E-state index in [9.17, 15) is 4.79 Å². The maximum atomic E-state index is 12.1. The molecule has 146 valence electrons. The van der Waals surface area contributed by atoms with Gasteiger partial charge in [-0.15, -0.1) is 24.0 Å². The van der Waals surface area contributed by atoms with Crippen LogP contribution in [0.5, 0.6) is 0 Å². The fraction of sp³-hybridized carbons (Fsp3) is 0.579. The average molecular weight is 474 g/mol. The molecule has 6 nitrogen and oxygen atoms in total. The highest BCUT2D eigenvalue weighted by atomic mass is 127. The first-order valence-corrected chi connectivity index (χ1v) is 8.86. The molecule has 2 N–H and O–H groups in total. The Bertz CT molecular complexity index is 590. The van der Waals surface area contributed by atoms with Crippen molar-refractivity contribution in [3.8, 4) is 0 Å². The zero-order valence-corrected chi connectivity index (χ0v) is 18.4. The van der Waals surface area contributed by atoms with Gasteiger partial charge in [0.1, 0.15) is 0 Å². The van der Waals surface area contributed by atoms with Crippen molar-refractivity contribution >= 4 is 35.8 Å². The van der Waals surface area contributed by atoms with E-state index < -0.39 is 0 Å². The van der Waals surface area contributed by atoms with Crippen LogP contribution in [0.4, 0.5) is 0 Å². The van der Waals surface area contributed by atoms with Gasteiger partial charge >= 0.3 is 0 Å². The number of benzene rings is 1. The van der Waals surface area contributed by atoms with E-state index >= 15 is 0 Å². The number of guanidine groups is 1. The van der Waals surface area contributed by atoms with Crippen molar-refractivity contribution in [3.63, 3.8) is 0 Å². The Morgan fingerprint density at radius 3 is 2.54 bits per heavy atom. The van der Waals surface area contributed by atoms with E-state index in [-0.39, 0.29) is 41.8 Å². The second-order valence-corrected chi connectivity index (χ2v) is 6.74. The van der Waals surface area contributed by atoms with Crippen molar-refractivity contribution < 1.29 is 9.53 Å². The number of rotatable bonds is 6. The van der Waals surface area contributed by atoms with Crippen LogP contribution in [-0.2, 0) is 22.7 Å². The third-order valence-corrected chi connectivity index (χ3v) is 4.35. The van der Waals surface area contributed by atoms with Gasteiger partial charge in [0.25, 0.3) is 0 Å². The van der Waals surface area contributed by atoms with Crippen LogP contribution in [0.3, 0.4) is 0 Å². The molecule has 1 aromatic carbocycles. The second kappa shape index (κ2) is 11.4. The number of hydrogen-bond donors (Lipinski definition) is 2. The van der Waals surface area contributed by atoms with E-state index in [0.717, 1.165) is 31.0 Å². The number of nitrogens with one attached hydrogen (secondary N) is 2. The summed E-state index contributed by atoms with van der Waals surface area (Å²) < 4.78 is 5.13. The Hall–Kier alpha value is -1.35. The van der Waals surface area contributed by atoms with Crippen molar-refractivity contribution in [3.05, 3.63) is 35.4 Å². The summed E-state index contributed by atoms with van der Waals surface area (Å²) in [6.45, 7) is 6.78. The van der Waals surface area contributed by atoms with Crippen molar-refractivity contribution in [1.29, 1.82) is 0 Å². The van der Waals surface area contributed by atoms with Gasteiger partial charge in [-0.3, -0.25) is 9.79 Å². The standard InChI is InChI=1S/C19H30N4O2.HI/c1-14(2)18(24)23-10-9-17(12-23)22-19(20-3)21-11-15-5-7-16(8-6-15)13-25-4;/h5-8,14,17H,9-13H2,1-4H3,(H2,20,21,22);1H. The van der Waals surface area contributed by atoms with Crippen LogP contribution in [0.15, 0.2) is 29.3 Å². The van der Waals surface area contributed by atoms with Gasteiger partial charge in [0, 0.05) is 45.8 Å². The van der Waals surface area contributed by atoms with Crippen molar-refractivity contribution in [2.45, 2.75) is 39.5 Å². The zero-order valence-electron chi connectivity index (χ0n) is 16.1. The number of aliphatic imine (C=N–C) groups is 1. The molecule has 1 aliphatic rings. The lowest BCUT2D eigenvalue weighted by Gasteiger charge is -2.20. The molecular formula is C19H31IN4O2. The molecule has 0 radical (unpaired) electrons. The fourth-order valence-electron chi connectivity index (χ4n) is 2.94. The Kier molecular flexibility index (Phi) is 9.93. The lowest BCUT2D eigenvalue weighted by molar-refractivity contribution is -0.133. The number of carbonyl (C=O) groups excluding carboxylic acids is 1. The molecule has 1 heterocycles. The number of carbonyl (C=O) groups is 1. The Morgan fingerprint density at radius 1 is 1.31 bits per heavy atom. The highest BCUT2D eigenvalue weighted by Crippen LogP contribution is 2.12. The molecule has 26 heavy (non-hydrogen) atoms. The summed E-state index contributed by atoms with van der Waals surface area (Å²) >= 11 is 0. The van der Waals surface area contributed by atoms with Crippen molar-refractivity contribution in [1.82, 2.24) is 15.5 Å². The van der Waals surface area contributed by atoms with Crippen molar-refractivity contribution in [2.24, 2.45) is 10.9 Å². The lowest BCUT2D eigenvalue weighted by atomic mass is 10.1. The number of halogens is 1. The van der Waals surface area contributed by atoms with E-state index in [1.807, 2.05) is 18.7 Å². The Morgan fingerprint density at radius 2 is 1.96 bits per heavy atom. The molecule has 0 spiro atoms. The van der Waals surface area contributed by atoms with Crippen LogP contribution in [0.1, 0.15) is 31.4 Å². The predicted octanol–water partition coefficient (Wildman–Crippen LogP) is 2.37. The summed E-state index contributed by atoms with van der Waals surface area (Å²) in [5.74, 6) is 1.05. The molecule has 2 rings (SSSR count). The minimum atomic E-state index is 0. The summed E-state index contributed by atoms with van der Waals surface area (Å²) in [5.41, 5.74) is 2.35. The monoisotopic (exact) mass is 474 g/mol. The predicted molar refractivity (Wildman–Crippen MR) is 116 cm³/mol. The quantitative estimate of drug-likeness (QED) is 0.378. The van der Waals surface area contributed by atoms with Crippen LogP contribution < -0.4 is 10.6 Å². The van der Waals surface area contributed by atoms with E-state index in [1.54, 1.807) is 14.2 Å². The van der Waals surface area contributed by atoms with Crippen LogP contribution in [0.25, 0.3) is 0 Å². The number of nitrogens with zero attached hydrogens (tertiary/aromatic N) is 2. The molecule has 1 atom stereocenters. The topological polar surface area (TPSA) is 66.0 Å². The number of likely N-dealkylation sites (tertiary alicyclic amines) is 1. The van der Waals surface area contributed by atoms with Gasteiger partial charge in [0.05, 0.1) is 6.61 Å². The van der Waals surface area contributed by atoms with Gasteiger partial charge in [-0.1, -0.05) is 38.1 Å². The van der Waals surface area contributed by atoms with E-state index in [0.29, 0.717) is 13.2 Å². The highest BCUT2D eigenvalue weighted by Gasteiger charge is 2.27. The van der Waals surface area contributed by atoms with E-state index in [4.69, 9.17) is 4.74 Å². The Labute approximate surface area is 173 Å². The van der Waals surface area contributed by atoms with E-state index in [2.05, 4.69) is 39.9 Å². The van der Waals surface area contributed by atoms with Crippen LogP contribution >= 0.6 is 24.0 Å². The molecular weight excluding hydrogens is 443 g/mol. The number of methoxy groups -OCH3 is 1. The van der Waals surface area contributed by atoms with Gasteiger partial charge in [0.2, 0.25) is 5.91 Å². The summed E-state index contributed by atoms with van der Waals surface area (Å²) in [6.07, 6.45) is 0.949. The molecule has 0 saturated carbocycles. The Balaban J connectivity index is 0.00000338. The molecule has 0 aliphatic carbocycles. The SMILES string of the molecule is CN=C(NCc1ccc(COC)cc1)NC1CCN(C(=O)C(C)C)C1.I. The second-order valence-electron chi connectivity index (χ2n) is 6.74. The van der Waals surface area contributed by atoms with E-state index in [1.165, 1.54) is 5.56 Å². The first kappa shape index (κ1) is 22.7. The molecule has 7 heteroatoms. The molecule has 1 aromatic rings. The zero-order chi connectivity index (χ0) is 18.2. The third-order valence-electron chi connectivity index (χ3n) is 4.35. The number of amides is 1. The molecule has 1 aliphatic heterocycles. The maximum absolute atomic E-state index is 12.1. The van der Waals surface area contributed by atoms with Crippen LogP contribution in [0, 0.1) is 5.92 Å². The van der Waals surface area contributed by atoms with Crippen molar-refractivity contribution in [2.75, 3.05) is 27.2 Å². The molecule has 0 bridgehead atoms. The largest absolute Gasteiger partial charge is 0.380 e. The lowest BCUT2D eigenvalue weighted by Crippen LogP contribution is -2.45. The summed E-state index contributed by atoms with van der Waals surface area (Å²) in [6, 6.07) is 8.57. The van der Waals surface area contributed by atoms with Gasteiger partial charge in [-0.2, -0.15) is 0 Å². The fourth-order valence-corrected chi connectivity index (χ4v) is 2.94. The molecule has 1 saturated heterocycles. The summed E-state index contributed by atoms with van der Waals surface area (Å²) in [7, 11) is 3.47. The number of ether oxygens (including phenoxy) is 1. The van der Waals surface area contributed by atoms with Gasteiger partial charge in [0.15, 0.2) is 5.96 Å². The van der Waals surface area contributed by atoms with Gasteiger partial charge in [-0.25, -0.2) is 0 Å². The van der Waals surface area contributed by atoms with Crippen LogP contribution in [0.2, 0.25) is 0 Å². The molecule has 0 aromatic heterocycles. The normalized spacial score (nSPS) is 17.2. The summed E-state index contributed by atoms with van der Waals surface area (Å²) in [5, 5.41) is 6.75. The first-order valence-electron chi connectivity index (χ1n) is 8.86. The molecule has 1 fully saturated rings. The average Bonchev–Trinajstić information content (AvgIpc) is 3.07. The molecule has 1 amide bonds. The molecule has 1 unspecified atom stereocenters.